The second-order valence-corrected chi connectivity index (χ2v) is 3.32. The van der Waals surface area contributed by atoms with Crippen molar-refractivity contribution in [2.45, 2.75) is 26.7 Å². The molecule has 0 aromatic heterocycles. The van der Waals surface area contributed by atoms with Gasteiger partial charge in [-0.25, -0.2) is 4.39 Å². The van der Waals surface area contributed by atoms with Crippen LogP contribution in [0.15, 0.2) is 12.1 Å². The molecular weight excluding hydrogens is 167 g/mol. The first-order valence-electron chi connectivity index (χ1n) is 4.52. The van der Waals surface area contributed by atoms with Crippen LogP contribution < -0.4 is 0 Å². The molecule has 1 aromatic carbocycles. The average Bonchev–Trinajstić information content (AvgIpc) is 2.12. The second kappa shape index (κ2) is 4.38. The summed E-state index contributed by atoms with van der Waals surface area (Å²) in [6, 6.07) is 3.71. The quantitative estimate of drug-likeness (QED) is 0.760. The zero-order valence-corrected chi connectivity index (χ0v) is 8.10. The van der Waals surface area contributed by atoms with Gasteiger partial charge in [-0.15, -0.1) is 0 Å². The van der Waals surface area contributed by atoms with E-state index in [9.17, 15) is 4.39 Å². The predicted molar refractivity (Wildman–Crippen MR) is 51.3 cm³/mol. The maximum atomic E-state index is 13.5. The Morgan fingerprint density at radius 3 is 2.46 bits per heavy atom. The van der Waals surface area contributed by atoms with Gasteiger partial charge in [0.2, 0.25) is 0 Å². The van der Waals surface area contributed by atoms with Gasteiger partial charge in [-0.05, 0) is 43.4 Å². The zero-order valence-electron chi connectivity index (χ0n) is 8.10. The van der Waals surface area contributed by atoms with Crippen molar-refractivity contribution in [3.8, 4) is 0 Å². The van der Waals surface area contributed by atoms with Crippen LogP contribution in [0.2, 0.25) is 0 Å². The molecule has 1 aromatic rings. The van der Waals surface area contributed by atoms with E-state index >= 15 is 0 Å². The second-order valence-electron chi connectivity index (χ2n) is 3.32. The molecule has 0 bridgehead atoms. The van der Waals surface area contributed by atoms with E-state index in [-0.39, 0.29) is 12.4 Å². The van der Waals surface area contributed by atoms with E-state index in [1.165, 1.54) is 0 Å². The van der Waals surface area contributed by atoms with Crippen LogP contribution in [0.4, 0.5) is 4.39 Å². The van der Waals surface area contributed by atoms with Gasteiger partial charge in [0.15, 0.2) is 0 Å². The van der Waals surface area contributed by atoms with Crippen LogP contribution in [0, 0.1) is 19.7 Å². The van der Waals surface area contributed by atoms with E-state index in [1.807, 2.05) is 13.0 Å². The van der Waals surface area contributed by atoms with Gasteiger partial charge in [0.25, 0.3) is 0 Å². The summed E-state index contributed by atoms with van der Waals surface area (Å²) < 4.78 is 13.5. The van der Waals surface area contributed by atoms with Crippen molar-refractivity contribution in [2.24, 2.45) is 0 Å². The van der Waals surface area contributed by atoms with E-state index in [1.54, 1.807) is 13.0 Å². The van der Waals surface area contributed by atoms with Crippen molar-refractivity contribution < 1.29 is 9.50 Å². The predicted octanol–water partition coefficient (Wildman–Crippen LogP) is 2.37. The number of aryl methyl sites for hydroxylation is 2. The molecule has 1 rings (SSSR count). The monoisotopic (exact) mass is 182 g/mol. The van der Waals surface area contributed by atoms with Crippen LogP contribution in [0.5, 0.6) is 0 Å². The summed E-state index contributed by atoms with van der Waals surface area (Å²) in [5.41, 5.74) is 2.39. The van der Waals surface area contributed by atoms with Gasteiger partial charge in [0, 0.05) is 6.61 Å². The standard InChI is InChI=1S/C11H15FO/c1-8-5-6-9(2)11(12)10(8)4-3-7-13/h5-6,13H,3-4,7H2,1-2H3. The third-order valence-electron chi connectivity index (χ3n) is 2.26. The van der Waals surface area contributed by atoms with E-state index < -0.39 is 0 Å². The van der Waals surface area contributed by atoms with Crippen LogP contribution in [0.25, 0.3) is 0 Å². The van der Waals surface area contributed by atoms with Crippen molar-refractivity contribution in [1.82, 2.24) is 0 Å². The van der Waals surface area contributed by atoms with Gasteiger partial charge >= 0.3 is 0 Å². The third-order valence-corrected chi connectivity index (χ3v) is 2.26. The number of hydrogen-bond acceptors (Lipinski definition) is 1. The fourth-order valence-corrected chi connectivity index (χ4v) is 1.40. The Morgan fingerprint density at radius 2 is 1.85 bits per heavy atom. The molecule has 0 amide bonds. The molecule has 0 saturated heterocycles. The number of hydrogen-bond donors (Lipinski definition) is 1. The molecule has 0 saturated carbocycles. The Labute approximate surface area is 78.2 Å². The molecule has 0 atom stereocenters. The molecule has 1 nitrogen and oxygen atoms in total. The maximum absolute atomic E-state index is 13.5. The number of halogens is 1. The van der Waals surface area contributed by atoms with Crippen molar-refractivity contribution in [3.63, 3.8) is 0 Å². The van der Waals surface area contributed by atoms with E-state index in [0.29, 0.717) is 18.4 Å². The molecule has 0 aliphatic heterocycles. The minimum absolute atomic E-state index is 0.117. The molecule has 0 radical (unpaired) electrons. The number of benzene rings is 1. The lowest BCUT2D eigenvalue weighted by molar-refractivity contribution is 0.288. The Hall–Kier alpha value is -0.890. The fourth-order valence-electron chi connectivity index (χ4n) is 1.40. The normalized spacial score (nSPS) is 10.5. The van der Waals surface area contributed by atoms with Crippen LogP contribution in [-0.2, 0) is 6.42 Å². The molecular formula is C11H15FO. The molecule has 0 aliphatic rings. The van der Waals surface area contributed by atoms with Crippen molar-refractivity contribution in [2.75, 3.05) is 6.61 Å². The van der Waals surface area contributed by atoms with Crippen LogP contribution >= 0.6 is 0 Å². The first-order valence-corrected chi connectivity index (χ1v) is 4.52. The fraction of sp³-hybridized carbons (Fsp3) is 0.455. The largest absolute Gasteiger partial charge is 0.396 e. The van der Waals surface area contributed by atoms with E-state index in [0.717, 1.165) is 11.1 Å². The highest BCUT2D eigenvalue weighted by atomic mass is 19.1. The van der Waals surface area contributed by atoms with Crippen LogP contribution in [-0.4, -0.2) is 11.7 Å². The highest BCUT2D eigenvalue weighted by Gasteiger charge is 2.07. The van der Waals surface area contributed by atoms with Crippen molar-refractivity contribution >= 4 is 0 Å². The maximum Gasteiger partial charge on any atom is 0.129 e. The molecule has 0 unspecified atom stereocenters. The first-order chi connectivity index (χ1) is 6.16. The Morgan fingerprint density at radius 1 is 1.23 bits per heavy atom. The minimum atomic E-state index is -0.117. The van der Waals surface area contributed by atoms with Gasteiger partial charge in [-0.1, -0.05) is 12.1 Å². The smallest absolute Gasteiger partial charge is 0.129 e. The summed E-state index contributed by atoms with van der Waals surface area (Å²) >= 11 is 0. The molecule has 0 heterocycles. The van der Waals surface area contributed by atoms with Crippen molar-refractivity contribution in [1.29, 1.82) is 0 Å². The minimum Gasteiger partial charge on any atom is -0.396 e. The third kappa shape index (κ3) is 2.28. The van der Waals surface area contributed by atoms with Gasteiger partial charge < -0.3 is 5.11 Å². The highest BCUT2D eigenvalue weighted by Crippen LogP contribution is 2.18. The molecule has 1 N–H and O–H groups in total. The van der Waals surface area contributed by atoms with E-state index in [4.69, 9.17) is 5.11 Å². The summed E-state index contributed by atoms with van der Waals surface area (Å²) in [5.74, 6) is -0.117. The van der Waals surface area contributed by atoms with E-state index in [2.05, 4.69) is 0 Å². The lowest BCUT2D eigenvalue weighted by Crippen LogP contribution is -1.99. The SMILES string of the molecule is Cc1ccc(C)c(CCCO)c1F. The summed E-state index contributed by atoms with van der Waals surface area (Å²) in [4.78, 5) is 0. The van der Waals surface area contributed by atoms with Crippen LogP contribution in [0.3, 0.4) is 0 Å². The van der Waals surface area contributed by atoms with Crippen molar-refractivity contribution in [3.05, 3.63) is 34.6 Å². The summed E-state index contributed by atoms with van der Waals surface area (Å²) in [5, 5.41) is 8.66. The van der Waals surface area contributed by atoms with Gasteiger partial charge in [0.05, 0.1) is 0 Å². The first kappa shape index (κ1) is 10.2. The molecule has 13 heavy (non-hydrogen) atoms. The molecule has 2 heteroatoms. The van der Waals surface area contributed by atoms with Gasteiger partial charge in [-0.3, -0.25) is 0 Å². The lowest BCUT2D eigenvalue weighted by atomic mass is 10.0. The Kier molecular flexibility index (Phi) is 3.43. The molecule has 0 aliphatic carbocycles. The Balaban J connectivity index is 2.96. The summed E-state index contributed by atoms with van der Waals surface area (Å²) in [6.07, 6.45) is 1.25. The Bertz CT molecular complexity index is 294. The zero-order chi connectivity index (χ0) is 9.84. The molecule has 0 spiro atoms. The molecule has 72 valence electrons. The topological polar surface area (TPSA) is 20.2 Å². The average molecular weight is 182 g/mol. The van der Waals surface area contributed by atoms with Gasteiger partial charge in [0.1, 0.15) is 5.82 Å². The summed E-state index contributed by atoms with van der Waals surface area (Å²) in [6.45, 7) is 3.78. The van der Waals surface area contributed by atoms with Gasteiger partial charge in [-0.2, -0.15) is 0 Å². The highest BCUT2D eigenvalue weighted by molar-refractivity contribution is 5.32. The number of rotatable bonds is 3. The van der Waals surface area contributed by atoms with Crippen LogP contribution in [0.1, 0.15) is 23.1 Å². The lowest BCUT2D eigenvalue weighted by Gasteiger charge is -2.08. The number of aliphatic hydroxyl groups excluding tert-OH is 1. The molecule has 0 fully saturated rings. The summed E-state index contributed by atoms with van der Waals surface area (Å²) in [7, 11) is 0. The number of aliphatic hydroxyl groups is 1.